The van der Waals surface area contributed by atoms with Gasteiger partial charge in [-0.1, -0.05) is 4.55 Å². The van der Waals surface area contributed by atoms with Crippen molar-refractivity contribution in [2.45, 2.75) is 0 Å². The molecule has 1 radical (unpaired) electrons. The summed E-state index contributed by atoms with van der Waals surface area (Å²) in [7, 11) is 0. The second-order valence-electron chi connectivity index (χ2n) is 0.279. The summed E-state index contributed by atoms with van der Waals surface area (Å²) in [4.78, 5) is 0. The zero-order chi connectivity index (χ0) is 4.28. The van der Waals surface area contributed by atoms with Crippen LogP contribution in [-0.4, -0.2) is 9.47 Å². The Morgan fingerprint density at radius 1 is 1.80 bits per heavy atom. The standard InChI is InChI=1S/HO4S/c1-4-5(2)3/h1H. The van der Waals surface area contributed by atoms with E-state index in [2.05, 4.69) is 4.33 Å². The van der Waals surface area contributed by atoms with Crippen molar-refractivity contribution < 1.29 is 18.4 Å². The van der Waals surface area contributed by atoms with Crippen molar-refractivity contribution in [3.8, 4) is 0 Å². The molecule has 0 rings (SSSR count). The van der Waals surface area contributed by atoms with Gasteiger partial charge in [-0.05, 0) is 0 Å². The largest absolute Gasteiger partial charge is 0.363 e. The molecule has 0 heterocycles. The molecule has 1 atom stereocenters. The van der Waals surface area contributed by atoms with Crippen LogP contribution in [0.5, 0.6) is 0 Å². The molecular weight excluding hydrogens is 96.1 g/mol. The van der Waals surface area contributed by atoms with E-state index in [0.29, 0.717) is 0 Å². The summed E-state index contributed by atoms with van der Waals surface area (Å²) in [6, 6.07) is 0. The van der Waals surface area contributed by atoms with Crippen molar-refractivity contribution >= 4 is 11.4 Å². The molecule has 5 heavy (non-hydrogen) atoms. The maximum atomic E-state index is 8.90. The summed E-state index contributed by atoms with van der Waals surface area (Å²) in [5.74, 6) is 0. The van der Waals surface area contributed by atoms with Crippen molar-refractivity contribution in [2.24, 2.45) is 0 Å². The van der Waals surface area contributed by atoms with Crippen LogP contribution in [0, 0.1) is 0 Å². The van der Waals surface area contributed by atoms with Gasteiger partial charge in [-0.2, -0.15) is 4.21 Å². The maximum Gasteiger partial charge on any atom is 0.363 e. The Balaban J connectivity index is 2.85. The van der Waals surface area contributed by atoms with Crippen molar-refractivity contribution in [3.63, 3.8) is 0 Å². The predicted molar refractivity (Wildman–Crippen MR) is 12.5 cm³/mol. The summed E-state index contributed by atoms with van der Waals surface area (Å²) >= 11 is -2.77. The molecule has 1 N–H and O–H groups in total. The SMILES string of the molecule is [O]S(=O)OO. The first kappa shape index (κ1) is 5.03. The highest BCUT2D eigenvalue weighted by Crippen LogP contribution is 1.65. The van der Waals surface area contributed by atoms with E-state index >= 15 is 0 Å². The zero-order valence-corrected chi connectivity index (χ0v) is 2.90. The molecule has 0 spiro atoms. The van der Waals surface area contributed by atoms with Crippen molar-refractivity contribution in [3.05, 3.63) is 0 Å². The van der Waals surface area contributed by atoms with Crippen LogP contribution in [0.1, 0.15) is 0 Å². The fraction of sp³-hybridized carbons (Fsp3) is 0. The molecule has 0 bridgehead atoms. The third-order valence-electron chi connectivity index (χ3n) is 0.0609. The molecule has 31 valence electrons. The zero-order valence-electron chi connectivity index (χ0n) is 2.08. The lowest BCUT2D eigenvalue weighted by atomic mass is 15.0. The first-order chi connectivity index (χ1) is 2.27. The van der Waals surface area contributed by atoms with Gasteiger partial charge in [0.1, 0.15) is 0 Å². The van der Waals surface area contributed by atoms with Gasteiger partial charge in [-0.3, -0.25) is 0 Å². The van der Waals surface area contributed by atoms with Gasteiger partial charge >= 0.3 is 11.4 Å². The lowest BCUT2D eigenvalue weighted by Gasteiger charge is -1.69. The summed E-state index contributed by atoms with van der Waals surface area (Å²) in [6.07, 6.45) is 0. The summed E-state index contributed by atoms with van der Waals surface area (Å²) in [5, 5.41) is 7.03. The third kappa shape index (κ3) is 4.03. The normalized spacial score (nSPS) is 14.8. The van der Waals surface area contributed by atoms with E-state index in [0.717, 1.165) is 0 Å². The highest BCUT2D eigenvalue weighted by atomic mass is 32.2. The smallest absolute Gasteiger partial charge is 0.235 e. The van der Waals surface area contributed by atoms with Crippen LogP contribution in [0.15, 0.2) is 0 Å². The molecule has 0 fully saturated rings. The molecule has 0 saturated carbocycles. The quantitative estimate of drug-likeness (QED) is 0.354. The number of rotatable bonds is 1. The molecule has 4 nitrogen and oxygen atoms in total. The van der Waals surface area contributed by atoms with Crippen LogP contribution in [-0.2, 0) is 20.2 Å². The van der Waals surface area contributed by atoms with E-state index in [-0.39, 0.29) is 0 Å². The molecule has 0 aliphatic carbocycles. The van der Waals surface area contributed by atoms with E-state index in [1.807, 2.05) is 0 Å². The molecule has 1 unspecified atom stereocenters. The molecule has 0 amide bonds. The lowest BCUT2D eigenvalue weighted by Crippen LogP contribution is -1.83. The minimum Gasteiger partial charge on any atom is -0.235 e. The van der Waals surface area contributed by atoms with E-state index in [4.69, 9.17) is 14.0 Å². The Morgan fingerprint density at radius 2 is 2.00 bits per heavy atom. The van der Waals surface area contributed by atoms with Gasteiger partial charge in [-0.25, -0.2) is 5.26 Å². The summed E-state index contributed by atoms with van der Waals surface area (Å²) in [5.41, 5.74) is 0. The molecule has 5 heteroatoms. The van der Waals surface area contributed by atoms with Crippen molar-refractivity contribution in [1.82, 2.24) is 0 Å². The van der Waals surface area contributed by atoms with Gasteiger partial charge in [0.25, 0.3) is 0 Å². The highest BCUT2D eigenvalue weighted by molar-refractivity contribution is 7.73. The molecule has 0 aliphatic heterocycles. The first-order valence-electron chi connectivity index (χ1n) is 0.683. The van der Waals surface area contributed by atoms with Crippen LogP contribution in [0.2, 0.25) is 0 Å². The fourth-order valence-corrected chi connectivity index (χ4v) is 0. The monoisotopic (exact) mass is 97.0 g/mol. The number of hydrogen-bond donors (Lipinski definition) is 1. The highest BCUT2D eigenvalue weighted by Gasteiger charge is 1.83. The van der Waals surface area contributed by atoms with Crippen LogP contribution >= 0.6 is 0 Å². The lowest BCUT2D eigenvalue weighted by molar-refractivity contribution is -0.134. The average molecular weight is 97.1 g/mol. The van der Waals surface area contributed by atoms with E-state index < -0.39 is 11.4 Å². The summed E-state index contributed by atoms with van der Waals surface area (Å²) in [6.45, 7) is 0. The molecule has 0 saturated heterocycles. The molecule has 0 aromatic heterocycles. The van der Waals surface area contributed by atoms with E-state index in [1.54, 1.807) is 0 Å². The average Bonchev–Trinajstić information content (AvgIpc) is 1.38. The molecular formula is HO4S. The second kappa shape index (κ2) is 2.28. The topological polar surface area (TPSA) is 66.4 Å². The summed E-state index contributed by atoms with van der Waals surface area (Å²) < 4.78 is 20.5. The Hall–Kier alpha value is 0.0300. The van der Waals surface area contributed by atoms with Gasteiger partial charge in [0.2, 0.25) is 0 Å². The first-order valence-corrected chi connectivity index (χ1v) is 1.68. The van der Waals surface area contributed by atoms with E-state index in [1.165, 1.54) is 0 Å². The van der Waals surface area contributed by atoms with Crippen molar-refractivity contribution in [2.75, 3.05) is 0 Å². The Kier molecular flexibility index (Phi) is 2.29. The maximum absolute atomic E-state index is 8.90. The Morgan fingerprint density at radius 3 is 2.00 bits per heavy atom. The molecule has 0 aliphatic rings. The molecule has 0 aromatic carbocycles. The minimum atomic E-state index is -2.77. The Bertz CT molecular complexity index is 38.9. The second-order valence-corrected chi connectivity index (χ2v) is 0.836. The predicted octanol–water partition coefficient (Wildman–Crippen LogP) is -0.515. The van der Waals surface area contributed by atoms with Gasteiger partial charge in [0.05, 0.1) is 0 Å². The van der Waals surface area contributed by atoms with Crippen molar-refractivity contribution in [1.29, 1.82) is 0 Å². The van der Waals surface area contributed by atoms with Gasteiger partial charge in [-0.15, -0.1) is 4.33 Å². The van der Waals surface area contributed by atoms with Gasteiger partial charge in [0, 0.05) is 0 Å². The van der Waals surface area contributed by atoms with Crippen LogP contribution < -0.4 is 0 Å². The van der Waals surface area contributed by atoms with Gasteiger partial charge in [0.15, 0.2) is 0 Å². The fourth-order valence-electron chi connectivity index (χ4n) is 0. The van der Waals surface area contributed by atoms with Crippen LogP contribution in [0.3, 0.4) is 0 Å². The van der Waals surface area contributed by atoms with Crippen LogP contribution in [0.25, 0.3) is 0 Å². The van der Waals surface area contributed by atoms with E-state index in [9.17, 15) is 0 Å². The third-order valence-corrected chi connectivity index (χ3v) is 0.183. The molecule has 0 aromatic rings. The number of hydrogen-bond acceptors (Lipinski definition) is 3. The Labute approximate surface area is 30.8 Å². The van der Waals surface area contributed by atoms with Crippen LogP contribution in [0.4, 0.5) is 0 Å². The van der Waals surface area contributed by atoms with Gasteiger partial charge < -0.3 is 0 Å². The minimum absolute atomic E-state index is 2.67.